The zero-order chi connectivity index (χ0) is 25.0. The number of ether oxygens (including phenoxy) is 1. The molecule has 0 spiro atoms. The molecule has 0 unspecified atom stereocenters. The third-order valence-electron chi connectivity index (χ3n) is 5.70. The van der Waals surface area contributed by atoms with Crippen LogP contribution in [-0.2, 0) is 4.74 Å². The van der Waals surface area contributed by atoms with Crippen molar-refractivity contribution >= 4 is 23.5 Å². The smallest absolute Gasteiger partial charge is 0.410 e. The fourth-order valence-electron chi connectivity index (χ4n) is 3.89. The number of amidine groups is 1. The molecule has 182 valence electrons. The zero-order valence-corrected chi connectivity index (χ0v) is 20.7. The number of rotatable bonds is 4. The SMILES string of the molecule is CCNC(=O)c1ccc(C)c(-c2ccc(C(=N)N3CCN(C(=O)OC(C)(C)C)CC3)c(N)c2)c1. The second-order valence-corrected chi connectivity index (χ2v) is 9.49. The van der Waals surface area contributed by atoms with Crippen molar-refractivity contribution in [3.8, 4) is 11.1 Å². The van der Waals surface area contributed by atoms with Gasteiger partial charge in [0, 0.05) is 49.5 Å². The van der Waals surface area contributed by atoms with Crippen LogP contribution in [0.2, 0.25) is 0 Å². The maximum atomic E-state index is 12.3. The number of hydrogen-bond acceptors (Lipinski definition) is 5. The lowest BCUT2D eigenvalue weighted by atomic mass is 9.96. The van der Waals surface area contributed by atoms with Gasteiger partial charge in [-0.25, -0.2) is 4.79 Å². The molecule has 34 heavy (non-hydrogen) atoms. The van der Waals surface area contributed by atoms with E-state index in [1.807, 2.05) is 75.9 Å². The highest BCUT2D eigenvalue weighted by Gasteiger charge is 2.27. The molecule has 8 heteroatoms. The Bertz CT molecular complexity index is 1080. The van der Waals surface area contributed by atoms with Crippen molar-refractivity contribution in [2.24, 2.45) is 0 Å². The molecule has 0 radical (unpaired) electrons. The molecule has 0 aliphatic carbocycles. The van der Waals surface area contributed by atoms with E-state index in [1.54, 1.807) is 4.90 Å². The van der Waals surface area contributed by atoms with Gasteiger partial charge < -0.3 is 25.6 Å². The highest BCUT2D eigenvalue weighted by molar-refractivity contribution is 6.02. The molecule has 8 nitrogen and oxygen atoms in total. The Kier molecular flexibility index (Phi) is 7.49. The summed E-state index contributed by atoms with van der Waals surface area (Å²) in [6, 6.07) is 11.2. The van der Waals surface area contributed by atoms with Crippen LogP contribution in [0, 0.1) is 12.3 Å². The van der Waals surface area contributed by atoms with E-state index < -0.39 is 5.60 Å². The van der Waals surface area contributed by atoms with Gasteiger partial charge in [0.2, 0.25) is 0 Å². The summed E-state index contributed by atoms with van der Waals surface area (Å²) >= 11 is 0. The van der Waals surface area contributed by atoms with E-state index in [1.165, 1.54) is 0 Å². The summed E-state index contributed by atoms with van der Waals surface area (Å²) in [7, 11) is 0. The Balaban J connectivity index is 1.73. The summed E-state index contributed by atoms with van der Waals surface area (Å²) in [5, 5.41) is 11.5. The van der Waals surface area contributed by atoms with Gasteiger partial charge in [-0.3, -0.25) is 10.2 Å². The molecule has 0 aromatic heterocycles. The number of hydrogen-bond donors (Lipinski definition) is 3. The Morgan fingerprint density at radius 1 is 1.06 bits per heavy atom. The number of carbonyl (C=O) groups is 2. The summed E-state index contributed by atoms with van der Waals surface area (Å²) in [6.07, 6.45) is -0.326. The van der Waals surface area contributed by atoms with Crippen molar-refractivity contribution in [3.63, 3.8) is 0 Å². The van der Waals surface area contributed by atoms with Crippen LogP contribution in [0.3, 0.4) is 0 Å². The third-order valence-corrected chi connectivity index (χ3v) is 5.70. The second-order valence-electron chi connectivity index (χ2n) is 9.49. The molecule has 0 bridgehead atoms. The molecule has 1 heterocycles. The number of anilines is 1. The van der Waals surface area contributed by atoms with Crippen molar-refractivity contribution in [1.29, 1.82) is 5.41 Å². The molecule has 3 rings (SSSR count). The van der Waals surface area contributed by atoms with Crippen molar-refractivity contribution in [3.05, 3.63) is 53.1 Å². The minimum atomic E-state index is -0.533. The predicted octanol–water partition coefficient (Wildman–Crippen LogP) is 3.87. The lowest BCUT2D eigenvalue weighted by Gasteiger charge is -2.37. The van der Waals surface area contributed by atoms with Crippen LogP contribution in [-0.4, -0.2) is 66.0 Å². The first kappa shape index (κ1) is 25.1. The van der Waals surface area contributed by atoms with Gasteiger partial charge in [0.05, 0.1) is 0 Å². The first-order valence-electron chi connectivity index (χ1n) is 11.6. The Hall–Kier alpha value is -3.55. The summed E-state index contributed by atoms with van der Waals surface area (Å²) in [4.78, 5) is 28.2. The number of nitrogens with two attached hydrogens (primary N) is 1. The maximum absolute atomic E-state index is 12.3. The van der Waals surface area contributed by atoms with Gasteiger partial charge in [0.25, 0.3) is 5.91 Å². The van der Waals surface area contributed by atoms with Crippen molar-refractivity contribution in [2.45, 2.75) is 40.2 Å². The predicted molar refractivity (Wildman–Crippen MR) is 135 cm³/mol. The van der Waals surface area contributed by atoms with Crippen LogP contribution in [0.15, 0.2) is 36.4 Å². The lowest BCUT2D eigenvalue weighted by molar-refractivity contribution is 0.0187. The third kappa shape index (κ3) is 5.87. The topological polar surface area (TPSA) is 112 Å². The van der Waals surface area contributed by atoms with Crippen LogP contribution in [0.25, 0.3) is 11.1 Å². The van der Waals surface area contributed by atoms with E-state index in [2.05, 4.69) is 5.32 Å². The summed E-state index contributed by atoms with van der Waals surface area (Å²) < 4.78 is 5.45. The molecule has 4 N–H and O–H groups in total. The fourth-order valence-corrected chi connectivity index (χ4v) is 3.89. The molecule has 1 fully saturated rings. The van der Waals surface area contributed by atoms with E-state index in [9.17, 15) is 9.59 Å². The van der Waals surface area contributed by atoms with Gasteiger partial charge >= 0.3 is 6.09 Å². The minimum Gasteiger partial charge on any atom is -0.444 e. The molecule has 1 saturated heterocycles. The highest BCUT2D eigenvalue weighted by atomic mass is 16.6. The second kappa shape index (κ2) is 10.2. The maximum Gasteiger partial charge on any atom is 0.410 e. The Labute approximate surface area is 201 Å². The standard InChI is InChI=1S/C26H35N5O3/c1-6-29-24(32)19-8-7-17(2)21(15-19)18-9-10-20(22(27)16-18)23(28)30-11-13-31(14-12-30)25(33)34-26(3,4)5/h7-10,15-16,28H,6,11-14,27H2,1-5H3,(H,29,32). The average Bonchev–Trinajstić information content (AvgIpc) is 2.78. The number of nitrogen functional groups attached to an aromatic ring is 1. The Morgan fingerprint density at radius 2 is 1.71 bits per heavy atom. The Morgan fingerprint density at radius 3 is 2.29 bits per heavy atom. The molecule has 0 saturated carbocycles. The number of piperazine rings is 1. The summed E-state index contributed by atoms with van der Waals surface area (Å²) in [6.45, 7) is 12.0. The van der Waals surface area contributed by atoms with Crippen LogP contribution >= 0.6 is 0 Å². The molecule has 1 aliphatic heterocycles. The average molecular weight is 466 g/mol. The van der Waals surface area contributed by atoms with E-state index in [-0.39, 0.29) is 12.0 Å². The van der Waals surface area contributed by atoms with Gasteiger partial charge in [0.1, 0.15) is 11.4 Å². The van der Waals surface area contributed by atoms with Crippen LogP contribution in [0.4, 0.5) is 10.5 Å². The number of nitrogens with one attached hydrogen (secondary N) is 2. The van der Waals surface area contributed by atoms with Gasteiger partial charge in [-0.1, -0.05) is 12.1 Å². The summed E-state index contributed by atoms with van der Waals surface area (Å²) in [5.74, 6) is 0.223. The number of aryl methyl sites for hydroxylation is 1. The van der Waals surface area contributed by atoms with Crippen molar-refractivity contribution in [1.82, 2.24) is 15.1 Å². The monoisotopic (exact) mass is 465 g/mol. The molecular weight excluding hydrogens is 430 g/mol. The normalized spacial score (nSPS) is 14.0. The fraction of sp³-hybridized carbons (Fsp3) is 0.423. The lowest BCUT2D eigenvalue weighted by Crippen LogP contribution is -2.51. The quantitative estimate of drug-likeness (QED) is 0.361. The molecule has 1 aliphatic rings. The molecule has 2 amide bonds. The number of amides is 2. The van der Waals surface area contributed by atoms with E-state index in [0.717, 1.165) is 16.7 Å². The van der Waals surface area contributed by atoms with Crippen LogP contribution in [0.1, 0.15) is 49.2 Å². The van der Waals surface area contributed by atoms with E-state index in [4.69, 9.17) is 15.9 Å². The van der Waals surface area contributed by atoms with Crippen LogP contribution in [0.5, 0.6) is 0 Å². The van der Waals surface area contributed by atoms with Gasteiger partial charge in [-0.2, -0.15) is 0 Å². The van der Waals surface area contributed by atoms with Crippen molar-refractivity contribution in [2.75, 3.05) is 38.5 Å². The number of nitrogens with zero attached hydrogens (tertiary/aromatic N) is 2. The number of carbonyl (C=O) groups excluding carboxylic acids is 2. The molecule has 0 atom stereocenters. The van der Waals surface area contributed by atoms with Gasteiger partial charge in [-0.05, 0) is 75.6 Å². The van der Waals surface area contributed by atoms with Gasteiger partial charge in [-0.15, -0.1) is 0 Å². The minimum absolute atomic E-state index is 0.111. The molecular formula is C26H35N5O3. The highest BCUT2D eigenvalue weighted by Crippen LogP contribution is 2.29. The molecule has 2 aromatic rings. The largest absolute Gasteiger partial charge is 0.444 e. The van der Waals surface area contributed by atoms with Crippen molar-refractivity contribution < 1.29 is 14.3 Å². The molecule has 2 aromatic carbocycles. The first-order valence-corrected chi connectivity index (χ1v) is 11.6. The van der Waals surface area contributed by atoms with Gasteiger partial charge in [0.15, 0.2) is 0 Å². The van der Waals surface area contributed by atoms with Crippen LogP contribution < -0.4 is 11.1 Å². The van der Waals surface area contributed by atoms with E-state index in [0.29, 0.717) is 55.4 Å². The number of benzene rings is 2. The summed E-state index contributed by atoms with van der Waals surface area (Å²) in [5.41, 5.74) is 10.4. The zero-order valence-electron chi connectivity index (χ0n) is 20.7. The van der Waals surface area contributed by atoms with E-state index >= 15 is 0 Å². The first-order chi connectivity index (χ1) is 16.0.